The first-order chi connectivity index (χ1) is 9.24. The van der Waals surface area contributed by atoms with Gasteiger partial charge in [0.1, 0.15) is 0 Å². The van der Waals surface area contributed by atoms with Crippen LogP contribution in [0.5, 0.6) is 0 Å². The van der Waals surface area contributed by atoms with Crippen LogP contribution in [0.2, 0.25) is 0 Å². The van der Waals surface area contributed by atoms with Crippen LogP contribution in [0.25, 0.3) is 10.8 Å². The van der Waals surface area contributed by atoms with E-state index in [0.29, 0.717) is 0 Å². The third kappa shape index (κ3) is 2.29. The van der Waals surface area contributed by atoms with Crippen molar-refractivity contribution < 1.29 is 0 Å². The maximum atomic E-state index is 4.33. The Kier molecular flexibility index (Phi) is 2.91. The van der Waals surface area contributed by atoms with Crippen molar-refractivity contribution in [3.05, 3.63) is 54.1 Å². The molecule has 0 aliphatic carbocycles. The molecule has 0 unspecified atom stereocenters. The molecule has 4 heteroatoms. The lowest BCUT2D eigenvalue weighted by Crippen LogP contribution is -2.00. The zero-order chi connectivity index (χ0) is 13.2. The lowest BCUT2D eigenvalue weighted by atomic mass is 10.1. The molecule has 19 heavy (non-hydrogen) atoms. The first-order valence-corrected chi connectivity index (χ1v) is 6.30. The average molecular weight is 252 g/mol. The van der Waals surface area contributed by atoms with E-state index in [-0.39, 0.29) is 0 Å². The fourth-order valence-corrected chi connectivity index (χ4v) is 2.31. The zero-order valence-electron chi connectivity index (χ0n) is 11.1. The van der Waals surface area contributed by atoms with Gasteiger partial charge in [-0.15, -0.1) is 0 Å². The molecule has 1 aromatic carbocycles. The summed E-state index contributed by atoms with van der Waals surface area (Å²) in [6, 6.07) is 8.35. The van der Waals surface area contributed by atoms with Crippen LogP contribution in [0.3, 0.4) is 0 Å². The van der Waals surface area contributed by atoms with E-state index in [2.05, 4.69) is 39.7 Å². The van der Waals surface area contributed by atoms with Crippen molar-refractivity contribution in [2.75, 3.05) is 5.32 Å². The van der Waals surface area contributed by atoms with Gasteiger partial charge in [0.05, 0.1) is 11.4 Å². The van der Waals surface area contributed by atoms with Gasteiger partial charge in [-0.05, 0) is 23.9 Å². The van der Waals surface area contributed by atoms with Crippen molar-refractivity contribution >= 4 is 16.5 Å². The van der Waals surface area contributed by atoms with Gasteiger partial charge in [-0.3, -0.25) is 9.67 Å². The number of rotatable bonds is 3. The van der Waals surface area contributed by atoms with Gasteiger partial charge in [0.15, 0.2) is 0 Å². The Labute approximate surface area is 112 Å². The summed E-state index contributed by atoms with van der Waals surface area (Å²) in [7, 11) is 1.93. The number of nitrogens with zero attached hydrogens (tertiary/aromatic N) is 3. The predicted octanol–water partition coefficient (Wildman–Crippen LogP) is 2.89. The van der Waals surface area contributed by atoms with E-state index in [0.717, 1.165) is 17.9 Å². The molecular formula is C15H16N4. The highest BCUT2D eigenvalue weighted by atomic mass is 15.3. The van der Waals surface area contributed by atoms with E-state index in [9.17, 15) is 0 Å². The summed E-state index contributed by atoms with van der Waals surface area (Å²) >= 11 is 0. The monoisotopic (exact) mass is 252 g/mol. The van der Waals surface area contributed by atoms with Crippen molar-refractivity contribution in [1.29, 1.82) is 0 Å². The number of hydrogen-bond acceptors (Lipinski definition) is 3. The van der Waals surface area contributed by atoms with Gasteiger partial charge in [0.2, 0.25) is 0 Å². The van der Waals surface area contributed by atoms with Crippen molar-refractivity contribution in [2.45, 2.75) is 13.5 Å². The Morgan fingerprint density at radius 1 is 1.26 bits per heavy atom. The topological polar surface area (TPSA) is 42.7 Å². The van der Waals surface area contributed by atoms with Crippen LogP contribution < -0.4 is 5.32 Å². The molecule has 1 N–H and O–H groups in total. The summed E-state index contributed by atoms with van der Waals surface area (Å²) in [5, 5.41) is 10.2. The summed E-state index contributed by atoms with van der Waals surface area (Å²) in [6.07, 6.45) is 5.73. The van der Waals surface area contributed by atoms with Crippen molar-refractivity contribution in [3.8, 4) is 0 Å². The van der Waals surface area contributed by atoms with E-state index in [1.807, 2.05) is 37.2 Å². The number of pyridine rings is 1. The van der Waals surface area contributed by atoms with Gasteiger partial charge in [-0.1, -0.05) is 18.2 Å². The van der Waals surface area contributed by atoms with E-state index in [1.165, 1.54) is 16.3 Å². The molecule has 2 heterocycles. The molecule has 96 valence electrons. The number of fused-ring (bicyclic) bond motifs is 1. The van der Waals surface area contributed by atoms with Crippen molar-refractivity contribution in [1.82, 2.24) is 14.8 Å². The van der Waals surface area contributed by atoms with Crippen molar-refractivity contribution in [3.63, 3.8) is 0 Å². The van der Waals surface area contributed by atoms with Crippen LogP contribution in [0.4, 0.5) is 5.69 Å². The summed E-state index contributed by atoms with van der Waals surface area (Å²) < 4.78 is 1.82. The summed E-state index contributed by atoms with van der Waals surface area (Å²) in [5.74, 6) is 0. The average Bonchev–Trinajstić information content (AvgIpc) is 2.74. The number of nitrogens with one attached hydrogen (secondary N) is 1. The van der Waals surface area contributed by atoms with Gasteiger partial charge < -0.3 is 5.32 Å². The quantitative estimate of drug-likeness (QED) is 0.779. The molecule has 0 spiro atoms. The van der Waals surface area contributed by atoms with E-state index >= 15 is 0 Å². The Balaban J connectivity index is 1.88. The molecule has 0 radical (unpaired) electrons. The lowest BCUT2D eigenvalue weighted by Gasteiger charge is -2.08. The molecule has 0 aliphatic heterocycles. The molecule has 4 nitrogen and oxygen atoms in total. The number of aryl methyl sites for hydroxylation is 2. The first kappa shape index (κ1) is 11.7. The minimum atomic E-state index is 0.786. The fraction of sp³-hybridized carbons (Fsp3) is 0.200. The second kappa shape index (κ2) is 4.72. The van der Waals surface area contributed by atoms with Crippen LogP contribution in [0.1, 0.15) is 11.3 Å². The highest BCUT2D eigenvalue weighted by molar-refractivity contribution is 5.84. The molecule has 0 fully saturated rings. The predicted molar refractivity (Wildman–Crippen MR) is 77.0 cm³/mol. The molecular weight excluding hydrogens is 236 g/mol. The molecule has 0 amide bonds. The number of anilines is 1. The van der Waals surface area contributed by atoms with Gasteiger partial charge in [0.25, 0.3) is 0 Å². The highest BCUT2D eigenvalue weighted by Gasteiger charge is 2.04. The van der Waals surface area contributed by atoms with E-state index < -0.39 is 0 Å². The van der Waals surface area contributed by atoms with Gasteiger partial charge >= 0.3 is 0 Å². The standard InChI is InChI=1S/C15H16N4/c1-11-15(10-19(2)18-11)17-9-13-5-3-4-12-8-16-7-6-14(12)13/h3-8,10,17H,9H2,1-2H3. The van der Waals surface area contributed by atoms with Crippen LogP contribution in [0, 0.1) is 6.92 Å². The Hall–Kier alpha value is -2.36. The maximum absolute atomic E-state index is 4.33. The van der Waals surface area contributed by atoms with Crippen LogP contribution >= 0.6 is 0 Å². The molecule has 0 bridgehead atoms. The fourth-order valence-electron chi connectivity index (χ4n) is 2.31. The van der Waals surface area contributed by atoms with Crippen molar-refractivity contribution in [2.24, 2.45) is 7.05 Å². The normalized spacial score (nSPS) is 10.8. The first-order valence-electron chi connectivity index (χ1n) is 6.30. The molecule has 0 saturated heterocycles. The second-order valence-corrected chi connectivity index (χ2v) is 4.67. The largest absolute Gasteiger partial charge is 0.378 e. The van der Waals surface area contributed by atoms with Gasteiger partial charge in [-0.25, -0.2) is 0 Å². The second-order valence-electron chi connectivity index (χ2n) is 4.67. The molecule has 3 aromatic rings. The van der Waals surface area contributed by atoms with Gasteiger partial charge in [-0.2, -0.15) is 5.10 Å². The lowest BCUT2D eigenvalue weighted by molar-refractivity contribution is 0.756. The molecule has 2 aromatic heterocycles. The zero-order valence-corrected chi connectivity index (χ0v) is 11.1. The maximum Gasteiger partial charge on any atom is 0.0825 e. The SMILES string of the molecule is Cc1nn(C)cc1NCc1cccc2cnccc12. The molecule has 3 rings (SSSR count). The minimum absolute atomic E-state index is 0.786. The Morgan fingerprint density at radius 3 is 2.95 bits per heavy atom. The highest BCUT2D eigenvalue weighted by Crippen LogP contribution is 2.19. The van der Waals surface area contributed by atoms with Crippen LogP contribution in [-0.2, 0) is 13.6 Å². The smallest absolute Gasteiger partial charge is 0.0825 e. The summed E-state index contributed by atoms with van der Waals surface area (Å²) in [4.78, 5) is 4.16. The number of benzene rings is 1. The number of hydrogen-bond donors (Lipinski definition) is 1. The Bertz CT molecular complexity index is 710. The van der Waals surface area contributed by atoms with E-state index in [4.69, 9.17) is 0 Å². The van der Waals surface area contributed by atoms with E-state index in [1.54, 1.807) is 0 Å². The Morgan fingerprint density at radius 2 is 2.16 bits per heavy atom. The summed E-state index contributed by atoms with van der Waals surface area (Å²) in [5.41, 5.74) is 3.36. The van der Waals surface area contributed by atoms with Crippen LogP contribution in [0.15, 0.2) is 42.9 Å². The number of aromatic nitrogens is 3. The third-order valence-electron chi connectivity index (χ3n) is 3.25. The van der Waals surface area contributed by atoms with Gasteiger partial charge in [0, 0.05) is 37.6 Å². The molecule has 0 atom stereocenters. The third-order valence-corrected chi connectivity index (χ3v) is 3.25. The summed E-state index contributed by atoms with van der Waals surface area (Å²) in [6.45, 7) is 2.79. The molecule has 0 saturated carbocycles. The minimum Gasteiger partial charge on any atom is -0.378 e. The van der Waals surface area contributed by atoms with Crippen LogP contribution in [-0.4, -0.2) is 14.8 Å². The molecule has 0 aliphatic rings.